The summed E-state index contributed by atoms with van der Waals surface area (Å²) in [6.07, 6.45) is 2.35. The molecule has 1 spiro atoms. The summed E-state index contributed by atoms with van der Waals surface area (Å²) in [6, 6.07) is 17.8. The third-order valence-corrected chi connectivity index (χ3v) is 7.91. The molecule has 0 saturated carbocycles. The number of nitrogens with zero attached hydrogens (tertiary/aromatic N) is 4. The molecule has 0 radical (unpaired) electrons. The molecule has 3 aliphatic rings. The van der Waals surface area contributed by atoms with Crippen LogP contribution in [0.25, 0.3) is 0 Å². The predicted octanol–water partition coefficient (Wildman–Crippen LogP) is 2.75. The van der Waals surface area contributed by atoms with Gasteiger partial charge in [0, 0.05) is 38.3 Å². The fourth-order valence-corrected chi connectivity index (χ4v) is 6.15. The van der Waals surface area contributed by atoms with E-state index in [0.29, 0.717) is 31.3 Å². The monoisotopic (exact) mass is 450 g/mol. The van der Waals surface area contributed by atoms with Gasteiger partial charge in [-0.1, -0.05) is 30.3 Å². The first kappa shape index (κ1) is 21.3. The quantitative estimate of drug-likeness (QED) is 0.676. The highest BCUT2D eigenvalue weighted by Gasteiger charge is 2.56. The molecule has 0 N–H and O–H groups in total. The number of anilines is 1. The van der Waals surface area contributed by atoms with Gasteiger partial charge in [0.1, 0.15) is 17.7 Å². The summed E-state index contributed by atoms with van der Waals surface area (Å²) < 4.78 is 21.4. The van der Waals surface area contributed by atoms with E-state index in [4.69, 9.17) is 10.00 Å². The van der Waals surface area contributed by atoms with Crippen LogP contribution in [0.3, 0.4) is 0 Å². The SMILES string of the molecule is N#CCCN1C(=O)C2(CN(Cc3ccccc3)CO2)c2cc(S(=O)N3CCCC3)ccc21. The number of benzene rings is 2. The van der Waals surface area contributed by atoms with Crippen LogP contribution in [-0.4, -0.2) is 52.2 Å². The summed E-state index contributed by atoms with van der Waals surface area (Å²) in [5, 5.41) is 9.09. The summed E-state index contributed by atoms with van der Waals surface area (Å²) in [4.78, 5) is 18.1. The Labute approximate surface area is 190 Å². The van der Waals surface area contributed by atoms with Crippen molar-refractivity contribution >= 4 is 22.6 Å². The smallest absolute Gasteiger partial charge is 0.265 e. The largest absolute Gasteiger partial charge is 0.343 e. The Balaban J connectivity index is 1.48. The Morgan fingerprint density at radius 3 is 2.66 bits per heavy atom. The van der Waals surface area contributed by atoms with Gasteiger partial charge in [0.2, 0.25) is 0 Å². The number of ether oxygens (including phenoxy) is 1. The molecule has 2 aromatic carbocycles. The van der Waals surface area contributed by atoms with Crippen LogP contribution in [-0.2, 0) is 32.7 Å². The molecule has 2 fully saturated rings. The molecule has 0 bridgehead atoms. The van der Waals surface area contributed by atoms with E-state index in [9.17, 15) is 9.00 Å². The van der Waals surface area contributed by atoms with Crippen LogP contribution < -0.4 is 4.90 Å². The molecule has 7 nitrogen and oxygen atoms in total. The Kier molecular flexibility index (Phi) is 5.82. The van der Waals surface area contributed by atoms with Gasteiger partial charge < -0.3 is 9.64 Å². The first-order chi connectivity index (χ1) is 15.6. The molecule has 1 amide bonds. The summed E-state index contributed by atoms with van der Waals surface area (Å²) in [5.74, 6) is -0.137. The number of hydrogen-bond acceptors (Lipinski definition) is 5. The van der Waals surface area contributed by atoms with Crippen molar-refractivity contribution in [3.63, 3.8) is 0 Å². The lowest BCUT2D eigenvalue weighted by Gasteiger charge is -2.23. The zero-order chi connectivity index (χ0) is 22.1. The zero-order valence-electron chi connectivity index (χ0n) is 17.9. The highest BCUT2D eigenvalue weighted by atomic mass is 32.2. The van der Waals surface area contributed by atoms with Crippen LogP contribution in [0.2, 0.25) is 0 Å². The van der Waals surface area contributed by atoms with E-state index in [2.05, 4.69) is 23.1 Å². The number of hydrogen-bond donors (Lipinski definition) is 0. The summed E-state index contributed by atoms with van der Waals surface area (Å²) in [5.41, 5.74) is 1.56. The van der Waals surface area contributed by atoms with Gasteiger partial charge in [0.15, 0.2) is 5.60 Å². The highest BCUT2D eigenvalue weighted by molar-refractivity contribution is 7.82. The van der Waals surface area contributed by atoms with Gasteiger partial charge in [0.05, 0.1) is 23.1 Å². The molecule has 2 saturated heterocycles. The topological polar surface area (TPSA) is 76.9 Å². The Hall–Kier alpha value is -2.57. The van der Waals surface area contributed by atoms with Crippen LogP contribution in [0.5, 0.6) is 0 Å². The maximum atomic E-state index is 13.6. The Bertz CT molecular complexity index is 1080. The number of rotatable bonds is 6. The normalized spacial score (nSPS) is 24.2. The third kappa shape index (κ3) is 3.65. The van der Waals surface area contributed by atoms with Crippen molar-refractivity contribution in [1.29, 1.82) is 5.26 Å². The molecule has 5 rings (SSSR count). The average Bonchev–Trinajstić information content (AvgIpc) is 3.54. The standard InChI is InChI=1S/C24H26N4O3S/c25-11-6-14-28-22-10-9-20(32(30)27-12-4-5-13-27)15-21(22)24(23(28)29)17-26(18-31-24)16-19-7-2-1-3-8-19/h1-3,7-10,15H,4-6,12-14,16-18H2. The van der Waals surface area contributed by atoms with Gasteiger partial charge in [0.25, 0.3) is 5.91 Å². The van der Waals surface area contributed by atoms with Gasteiger partial charge in [-0.05, 0) is 36.6 Å². The molecule has 2 aromatic rings. The van der Waals surface area contributed by atoms with E-state index in [-0.39, 0.29) is 12.3 Å². The van der Waals surface area contributed by atoms with E-state index in [1.807, 2.05) is 40.7 Å². The van der Waals surface area contributed by atoms with E-state index in [1.165, 1.54) is 0 Å². The zero-order valence-corrected chi connectivity index (χ0v) is 18.7. The predicted molar refractivity (Wildman–Crippen MR) is 121 cm³/mol. The number of carbonyl (C=O) groups excluding carboxylic acids is 1. The highest BCUT2D eigenvalue weighted by Crippen LogP contribution is 2.47. The molecule has 3 aliphatic heterocycles. The summed E-state index contributed by atoms with van der Waals surface area (Å²) in [6.45, 7) is 3.42. The van der Waals surface area contributed by atoms with Gasteiger partial charge in [-0.3, -0.25) is 9.69 Å². The van der Waals surface area contributed by atoms with E-state index in [1.54, 1.807) is 4.90 Å². The lowest BCUT2D eigenvalue weighted by Crippen LogP contribution is -2.43. The van der Waals surface area contributed by atoms with Crippen molar-refractivity contribution in [1.82, 2.24) is 9.21 Å². The van der Waals surface area contributed by atoms with Crippen molar-refractivity contribution in [2.75, 3.05) is 37.8 Å². The maximum Gasteiger partial charge on any atom is 0.265 e. The molecule has 8 heteroatoms. The molecule has 32 heavy (non-hydrogen) atoms. The third-order valence-electron chi connectivity index (χ3n) is 6.42. The minimum Gasteiger partial charge on any atom is -0.343 e. The van der Waals surface area contributed by atoms with Crippen LogP contribution in [0, 0.1) is 11.3 Å². The molecular formula is C24H26N4O3S. The number of carbonyl (C=O) groups is 1. The van der Waals surface area contributed by atoms with Crippen molar-refractivity contribution in [3.8, 4) is 6.07 Å². The van der Waals surface area contributed by atoms with Crippen LogP contribution in [0.4, 0.5) is 5.69 Å². The van der Waals surface area contributed by atoms with Gasteiger partial charge in [-0.25, -0.2) is 8.51 Å². The Morgan fingerprint density at radius 2 is 1.91 bits per heavy atom. The minimum atomic E-state index is -1.25. The average molecular weight is 451 g/mol. The summed E-state index contributed by atoms with van der Waals surface area (Å²) in [7, 11) is -1.25. The molecular weight excluding hydrogens is 424 g/mol. The lowest BCUT2D eigenvalue weighted by atomic mass is 9.95. The second kappa shape index (κ2) is 8.75. The van der Waals surface area contributed by atoms with Crippen LogP contribution in [0.1, 0.15) is 30.4 Å². The summed E-state index contributed by atoms with van der Waals surface area (Å²) >= 11 is 0. The van der Waals surface area contributed by atoms with Crippen molar-refractivity contribution in [2.45, 2.75) is 36.3 Å². The number of amides is 1. The molecule has 0 aliphatic carbocycles. The van der Waals surface area contributed by atoms with E-state index >= 15 is 0 Å². The first-order valence-corrected chi connectivity index (χ1v) is 12.1. The van der Waals surface area contributed by atoms with Crippen LogP contribution >= 0.6 is 0 Å². The van der Waals surface area contributed by atoms with E-state index in [0.717, 1.165) is 42.7 Å². The van der Waals surface area contributed by atoms with Gasteiger partial charge in [-0.15, -0.1) is 0 Å². The van der Waals surface area contributed by atoms with Crippen LogP contribution in [0.15, 0.2) is 53.4 Å². The van der Waals surface area contributed by atoms with Gasteiger partial charge >= 0.3 is 0 Å². The van der Waals surface area contributed by atoms with Crippen molar-refractivity contribution in [3.05, 3.63) is 59.7 Å². The maximum absolute atomic E-state index is 13.6. The van der Waals surface area contributed by atoms with Crippen molar-refractivity contribution < 1.29 is 13.7 Å². The molecule has 3 heterocycles. The van der Waals surface area contributed by atoms with Crippen molar-refractivity contribution in [2.24, 2.45) is 0 Å². The molecule has 0 aromatic heterocycles. The fraction of sp³-hybridized carbons (Fsp3) is 0.417. The van der Waals surface area contributed by atoms with Gasteiger partial charge in [-0.2, -0.15) is 5.26 Å². The number of fused-ring (bicyclic) bond motifs is 2. The van der Waals surface area contributed by atoms with E-state index < -0.39 is 16.6 Å². The first-order valence-electron chi connectivity index (χ1n) is 11.0. The Morgan fingerprint density at radius 1 is 1.12 bits per heavy atom. The number of nitriles is 1. The second-order valence-corrected chi connectivity index (χ2v) is 9.99. The lowest BCUT2D eigenvalue weighted by molar-refractivity contribution is -0.136. The molecule has 2 unspecified atom stereocenters. The molecule has 2 atom stereocenters. The fourth-order valence-electron chi connectivity index (χ4n) is 4.86. The minimum absolute atomic E-state index is 0.137. The second-order valence-electron chi connectivity index (χ2n) is 8.50. The molecule has 166 valence electrons.